The van der Waals surface area contributed by atoms with Crippen molar-refractivity contribution in [1.29, 1.82) is 0 Å². The molecule has 1 unspecified atom stereocenters. The molecule has 1 aromatic carbocycles. The van der Waals surface area contributed by atoms with Crippen LogP contribution in [-0.2, 0) is 6.42 Å². The van der Waals surface area contributed by atoms with E-state index in [1.807, 2.05) is 18.2 Å². The maximum atomic E-state index is 6.01. The summed E-state index contributed by atoms with van der Waals surface area (Å²) in [6, 6.07) is 6.50. The van der Waals surface area contributed by atoms with Crippen LogP contribution >= 0.6 is 11.6 Å². The number of rotatable bonds is 2. The normalized spacial score (nSPS) is 27.9. The molecule has 18 heavy (non-hydrogen) atoms. The maximum absolute atomic E-state index is 6.01. The van der Waals surface area contributed by atoms with Gasteiger partial charge < -0.3 is 10.1 Å². The molecule has 0 spiro atoms. The number of nitrogens with one attached hydrogen (secondary N) is 1. The van der Waals surface area contributed by atoms with E-state index < -0.39 is 0 Å². The van der Waals surface area contributed by atoms with E-state index >= 15 is 0 Å². The number of hydrogen-bond acceptors (Lipinski definition) is 3. The minimum absolute atomic E-state index is 0.277. The fraction of sp³-hybridized carbons (Fsp3) is 0.571. The molecule has 98 valence electrons. The lowest BCUT2D eigenvalue weighted by Gasteiger charge is -2.35. The van der Waals surface area contributed by atoms with E-state index in [2.05, 4.69) is 17.1 Å². The van der Waals surface area contributed by atoms with Crippen LogP contribution in [0.25, 0.3) is 0 Å². The van der Waals surface area contributed by atoms with Crippen molar-refractivity contribution in [3.63, 3.8) is 0 Å². The molecule has 0 aromatic heterocycles. The Kier molecular flexibility index (Phi) is 3.46. The number of halogens is 1. The van der Waals surface area contributed by atoms with Crippen LogP contribution in [0.4, 0.5) is 0 Å². The average Bonchev–Trinajstić information content (AvgIpc) is 2.73. The Hall–Kier alpha value is -0.770. The summed E-state index contributed by atoms with van der Waals surface area (Å²) in [6.07, 6.45) is 1.26. The Morgan fingerprint density at radius 2 is 2.39 bits per heavy atom. The first-order valence-corrected chi connectivity index (χ1v) is 7.00. The molecule has 0 saturated carbocycles. The summed E-state index contributed by atoms with van der Waals surface area (Å²) in [4.78, 5) is 2.51. The lowest BCUT2D eigenvalue weighted by atomic mass is 10.1. The molecule has 4 heteroatoms. The molecule has 3 rings (SSSR count). The molecule has 2 heterocycles. The zero-order chi connectivity index (χ0) is 12.5. The van der Waals surface area contributed by atoms with Crippen molar-refractivity contribution in [2.75, 3.05) is 26.2 Å². The lowest BCUT2D eigenvalue weighted by Crippen LogP contribution is -2.52. The smallest absolute Gasteiger partial charge is 0.123 e. The predicted octanol–water partition coefficient (Wildman–Crippen LogP) is 1.94. The van der Waals surface area contributed by atoms with Crippen molar-refractivity contribution in [3.8, 4) is 5.75 Å². The van der Waals surface area contributed by atoms with E-state index in [9.17, 15) is 0 Å². The highest BCUT2D eigenvalue weighted by Gasteiger charge is 2.27. The van der Waals surface area contributed by atoms with Gasteiger partial charge >= 0.3 is 0 Å². The van der Waals surface area contributed by atoms with Crippen LogP contribution in [0.2, 0.25) is 5.02 Å². The van der Waals surface area contributed by atoms with Gasteiger partial charge in [0, 0.05) is 43.7 Å². The molecular formula is C14H19ClN2O. The summed E-state index contributed by atoms with van der Waals surface area (Å²) in [5.74, 6) is 1.01. The number of fused-ring (bicyclic) bond motifs is 1. The van der Waals surface area contributed by atoms with Gasteiger partial charge in [0.15, 0.2) is 0 Å². The van der Waals surface area contributed by atoms with Crippen molar-refractivity contribution in [2.45, 2.75) is 25.5 Å². The molecule has 1 saturated heterocycles. The third-order valence-corrected chi connectivity index (χ3v) is 4.08. The minimum atomic E-state index is 0.277. The Morgan fingerprint density at radius 3 is 3.22 bits per heavy atom. The summed E-state index contributed by atoms with van der Waals surface area (Å²) in [6.45, 7) is 6.54. The standard InChI is InChI=1S/C14H19ClN2O/c1-10-8-16-4-5-17(10)9-13-7-11-6-12(15)2-3-14(11)18-13/h2-3,6,10,13,16H,4-5,7-9H2,1H3/t10-,13?/m0/s1. The topological polar surface area (TPSA) is 24.5 Å². The van der Waals surface area contributed by atoms with Gasteiger partial charge in [0.25, 0.3) is 0 Å². The molecule has 2 aliphatic heterocycles. The lowest BCUT2D eigenvalue weighted by molar-refractivity contribution is 0.106. The van der Waals surface area contributed by atoms with Crippen LogP contribution < -0.4 is 10.1 Å². The van der Waals surface area contributed by atoms with Crippen LogP contribution in [0, 0.1) is 0 Å². The first-order chi connectivity index (χ1) is 8.72. The number of benzene rings is 1. The molecule has 1 aromatic rings. The van der Waals surface area contributed by atoms with Gasteiger partial charge in [-0.25, -0.2) is 0 Å². The highest BCUT2D eigenvalue weighted by Crippen LogP contribution is 2.31. The first-order valence-electron chi connectivity index (χ1n) is 6.62. The molecule has 0 amide bonds. The SMILES string of the molecule is C[C@H]1CNCCN1CC1Cc2cc(Cl)ccc2O1. The second-order valence-electron chi connectivity index (χ2n) is 5.24. The third-order valence-electron chi connectivity index (χ3n) is 3.84. The average molecular weight is 267 g/mol. The van der Waals surface area contributed by atoms with Crippen molar-refractivity contribution < 1.29 is 4.74 Å². The van der Waals surface area contributed by atoms with E-state index in [1.54, 1.807) is 0 Å². The van der Waals surface area contributed by atoms with Crippen LogP contribution in [0.3, 0.4) is 0 Å². The van der Waals surface area contributed by atoms with Crippen LogP contribution in [-0.4, -0.2) is 43.2 Å². The molecule has 1 N–H and O–H groups in total. The van der Waals surface area contributed by atoms with Gasteiger partial charge in [-0.05, 0) is 30.7 Å². The number of nitrogens with zero attached hydrogens (tertiary/aromatic N) is 1. The zero-order valence-electron chi connectivity index (χ0n) is 10.7. The molecular weight excluding hydrogens is 248 g/mol. The van der Waals surface area contributed by atoms with E-state index in [0.717, 1.165) is 43.4 Å². The Labute approximate surface area is 113 Å². The van der Waals surface area contributed by atoms with Gasteiger partial charge in [0.1, 0.15) is 11.9 Å². The van der Waals surface area contributed by atoms with E-state index in [0.29, 0.717) is 6.04 Å². The Morgan fingerprint density at radius 1 is 1.50 bits per heavy atom. The maximum Gasteiger partial charge on any atom is 0.123 e. The van der Waals surface area contributed by atoms with Gasteiger partial charge in [-0.15, -0.1) is 0 Å². The predicted molar refractivity (Wildman–Crippen MR) is 73.5 cm³/mol. The zero-order valence-corrected chi connectivity index (χ0v) is 11.4. The molecule has 2 aliphatic rings. The molecule has 1 fully saturated rings. The summed E-state index contributed by atoms with van der Waals surface area (Å²) >= 11 is 6.01. The van der Waals surface area contributed by atoms with E-state index in [-0.39, 0.29) is 6.10 Å². The molecule has 0 radical (unpaired) electrons. The van der Waals surface area contributed by atoms with Gasteiger partial charge in [-0.2, -0.15) is 0 Å². The summed E-state index contributed by atoms with van der Waals surface area (Å²) in [5, 5.41) is 4.21. The van der Waals surface area contributed by atoms with Crippen molar-refractivity contribution in [3.05, 3.63) is 28.8 Å². The fourth-order valence-electron chi connectivity index (χ4n) is 2.81. The molecule has 3 nitrogen and oxygen atoms in total. The van der Waals surface area contributed by atoms with E-state index in [1.165, 1.54) is 5.56 Å². The summed E-state index contributed by atoms with van der Waals surface area (Å²) in [7, 11) is 0. The van der Waals surface area contributed by atoms with Crippen LogP contribution in [0.1, 0.15) is 12.5 Å². The quantitative estimate of drug-likeness (QED) is 0.885. The highest BCUT2D eigenvalue weighted by molar-refractivity contribution is 6.30. The first kappa shape index (κ1) is 12.3. The van der Waals surface area contributed by atoms with Crippen molar-refractivity contribution in [2.24, 2.45) is 0 Å². The number of hydrogen-bond donors (Lipinski definition) is 1. The second-order valence-corrected chi connectivity index (χ2v) is 5.68. The second kappa shape index (κ2) is 5.08. The molecule has 0 aliphatic carbocycles. The molecule has 2 atom stereocenters. The molecule has 0 bridgehead atoms. The Bertz CT molecular complexity index is 438. The number of piperazine rings is 1. The van der Waals surface area contributed by atoms with Crippen LogP contribution in [0.15, 0.2) is 18.2 Å². The highest BCUT2D eigenvalue weighted by atomic mass is 35.5. The van der Waals surface area contributed by atoms with Crippen molar-refractivity contribution >= 4 is 11.6 Å². The third kappa shape index (κ3) is 2.48. The van der Waals surface area contributed by atoms with Gasteiger partial charge in [0.2, 0.25) is 0 Å². The van der Waals surface area contributed by atoms with Gasteiger partial charge in [0.05, 0.1) is 0 Å². The largest absolute Gasteiger partial charge is 0.488 e. The van der Waals surface area contributed by atoms with Crippen LogP contribution in [0.5, 0.6) is 5.75 Å². The summed E-state index contributed by atoms with van der Waals surface area (Å²) < 4.78 is 5.99. The monoisotopic (exact) mass is 266 g/mol. The van der Waals surface area contributed by atoms with Crippen molar-refractivity contribution in [1.82, 2.24) is 10.2 Å². The van der Waals surface area contributed by atoms with Gasteiger partial charge in [-0.1, -0.05) is 11.6 Å². The van der Waals surface area contributed by atoms with Gasteiger partial charge in [-0.3, -0.25) is 4.90 Å². The van der Waals surface area contributed by atoms with E-state index in [4.69, 9.17) is 16.3 Å². The minimum Gasteiger partial charge on any atom is -0.488 e. The summed E-state index contributed by atoms with van der Waals surface area (Å²) in [5.41, 5.74) is 1.25. The number of ether oxygens (including phenoxy) is 1. The Balaban J connectivity index is 1.63. The fourth-order valence-corrected chi connectivity index (χ4v) is 3.00.